The lowest BCUT2D eigenvalue weighted by atomic mass is 9.95. The van der Waals surface area contributed by atoms with E-state index in [-0.39, 0.29) is 11.7 Å². The van der Waals surface area contributed by atoms with Crippen LogP contribution in [0.15, 0.2) is 18.2 Å². The van der Waals surface area contributed by atoms with Crippen LogP contribution in [0.5, 0.6) is 11.5 Å². The fraction of sp³-hybridized carbons (Fsp3) is 0.533. The number of methoxy groups -OCH3 is 1. The number of phenols is 1. The maximum Gasteiger partial charge on any atom is 0.257 e. The zero-order valence-electron chi connectivity index (χ0n) is 11.7. The molecule has 4 heteroatoms. The smallest absolute Gasteiger partial charge is 0.257 e. The van der Waals surface area contributed by atoms with E-state index >= 15 is 0 Å². The lowest BCUT2D eigenvalue weighted by Gasteiger charge is -2.19. The zero-order chi connectivity index (χ0) is 14.0. The molecular formula is C15H21NO3. The number of phenolic OH excluding ortho intramolecular Hbond substituents is 1. The Kier molecular flexibility index (Phi) is 3.98. The van der Waals surface area contributed by atoms with Gasteiger partial charge in [-0.05, 0) is 36.5 Å². The van der Waals surface area contributed by atoms with Crippen LogP contribution < -0.4 is 4.74 Å². The third-order valence-corrected chi connectivity index (χ3v) is 3.89. The normalized spacial score (nSPS) is 18.9. The number of nitrogens with zero attached hydrogens (tertiary/aromatic N) is 1. The predicted octanol–water partition coefficient (Wildman–Crippen LogP) is 2.52. The number of hydrogen-bond donors (Lipinski definition) is 1. The van der Waals surface area contributed by atoms with E-state index in [1.165, 1.54) is 6.07 Å². The van der Waals surface area contributed by atoms with Gasteiger partial charge in [0.2, 0.25) is 0 Å². The van der Waals surface area contributed by atoms with Crippen molar-refractivity contribution < 1.29 is 14.6 Å². The van der Waals surface area contributed by atoms with Gasteiger partial charge in [0.25, 0.3) is 5.91 Å². The molecule has 0 bridgehead atoms. The molecule has 19 heavy (non-hydrogen) atoms. The minimum atomic E-state index is -0.112. The molecule has 1 unspecified atom stereocenters. The van der Waals surface area contributed by atoms with Gasteiger partial charge >= 0.3 is 0 Å². The van der Waals surface area contributed by atoms with Gasteiger partial charge < -0.3 is 14.7 Å². The molecule has 0 saturated carbocycles. The van der Waals surface area contributed by atoms with Gasteiger partial charge in [0.1, 0.15) is 11.5 Å². The fourth-order valence-electron chi connectivity index (χ4n) is 2.50. The largest absolute Gasteiger partial charge is 0.507 e. The Morgan fingerprint density at radius 3 is 2.79 bits per heavy atom. The van der Waals surface area contributed by atoms with E-state index in [4.69, 9.17) is 4.74 Å². The average Bonchev–Trinajstić information content (AvgIpc) is 2.88. The van der Waals surface area contributed by atoms with Crippen molar-refractivity contribution in [2.75, 3.05) is 20.2 Å². The number of rotatable bonds is 3. The second kappa shape index (κ2) is 5.51. The van der Waals surface area contributed by atoms with Crippen molar-refractivity contribution in [3.63, 3.8) is 0 Å². The number of ether oxygens (including phenoxy) is 1. The Hall–Kier alpha value is -1.71. The van der Waals surface area contributed by atoms with Crippen LogP contribution in [-0.2, 0) is 0 Å². The Morgan fingerprint density at radius 1 is 1.47 bits per heavy atom. The summed E-state index contributed by atoms with van der Waals surface area (Å²) in [7, 11) is 1.55. The van der Waals surface area contributed by atoms with E-state index in [0.717, 1.165) is 19.5 Å². The van der Waals surface area contributed by atoms with Crippen molar-refractivity contribution in [3.05, 3.63) is 23.8 Å². The quantitative estimate of drug-likeness (QED) is 0.911. The highest BCUT2D eigenvalue weighted by atomic mass is 16.5. The lowest BCUT2D eigenvalue weighted by molar-refractivity contribution is 0.0780. The Balaban J connectivity index is 2.16. The van der Waals surface area contributed by atoms with E-state index in [1.54, 1.807) is 19.2 Å². The summed E-state index contributed by atoms with van der Waals surface area (Å²) in [5.74, 6) is 1.62. The van der Waals surface area contributed by atoms with E-state index in [2.05, 4.69) is 13.8 Å². The predicted molar refractivity (Wildman–Crippen MR) is 73.5 cm³/mol. The molecule has 0 spiro atoms. The van der Waals surface area contributed by atoms with Crippen LogP contribution in [-0.4, -0.2) is 36.1 Å². The highest BCUT2D eigenvalue weighted by Crippen LogP contribution is 2.28. The second-order valence-electron chi connectivity index (χ2n) is 5.43. The first-order valence-electron chi connectivity index (χ1n) is 6.69. The van der Waals surface area contributed by atoms with Crippen molar-refractivity contribution >= 4 is 5.91 Å². The van der Waals surface area contributed by atoms with Crippen LogP contribution in [0.25, 0.3) is 0 Å². The third-order valence-electron chi connectivity index (χ3n) is 3.89. The third kappa shape index (κ3) is 2.83. The average molecular weight is 263 g/mol. The molecule has 2 rings (SSSR count). The Labute approximate surface area is 114 Å². The van der Waals surface area contributed by atoms with Gasteiger partial charge in [-0.25, -0.2) is 0 Å². The SMILES string of the molecule is COc1ccc(O)c(C(=O)N2CCC(C(C)C)C2)c1. The highest BCUT2D eigenvalue weighted by molar-refractivity contribution is 5.97. The molecule has 1 aromatic rings. The van der Waals surface area contributed by atoms with Crippen LogP contribution in [0.2, 0.25) is 0 Å². The molecule has 1 aromatic carbocycles. The molecule has 0 radical (unpaired) electrons. The summed E-state index contributed by atoms with van der Waals surface area (Å²) in [5, 5.41) is 9.83. The van der Waals surface area contributed by atoms with Crippen LogP contribution in [0, 0.1) is 11.8 Å². The van der Waals surface area contributed by atoms with Crippen molar-refractivity contribution in [2.45, 2.75) is 20.3 Å². The number of aromatic hydroxyl groups is 1. The number of hydrogen-bond acceptors (Lipinski definition) is 3. The number of likely N-dealkylation sites (tertiary alicyclic amines) is 1. The minimum absolute atomic E-state index is 0.0128. The Bertz CT molecular complexity index is 470. The van der Waals surface area contributed by atoms with Gasteiger partial charge in [0.05, 0.1) is 12.7 Å². The van der Waals surface area contributed by atoms with Crippen LogP contribution in [0.4, 0.5) is 0 Å². The molecule has 1 atom stereocenters. The number of benzene rings is 1. The zero-order valence-corrected chi connectivity index (χ0v) is 11.7. The lowest BCUT2D eigenvalue weighted by Crippen LogP contribution is -2.29. The highest BCUT2D eigenvalue weighted by Gasteiger charge is 2.29. The number of carbonyl (C=O) groups excluding carboxylic acids is 1. The van der Waals surface area contributed by atoms with E-state index in [1.807, 2.05) is 4.90 Å². The summed E-state index contributed by atoms with van der Waals surface area (Å²) in [4.78, 5) is 14.2. The molecular weight excluding hydrogens is 242 g/mol. The molecule has 1 N–H and O–H groups in total. The van der Waals surface area contributed by atoms with Gasteiger partial charge in [-0.2, -0.15) is 0 Å². The molecule has 1 aliphatic rings. The molecule has 1 heterocycles. The van der Waals surface area contributed by atoms with Crippen molar-refractivity contribution in [2.24, 2.45) is 11.8 Å². The maximum atomic E-state index is 12.4. The number of amides is 1. The topological polar surface area (TPSA) is 49.8 Å². The molecule has 1 amide bonds. The van der Waals surface area contributed by atoms with E-state index in [0.29, 0.717) is 23.1 Å². The summed E-state index contributed by atoms with van der Waals surface area (Å²) in [6.07, 6.45) is 1.04. The first-order valence-corrected chi connectivity index (χ1v) is 6.69. The van der Waals surface area contributed by atoms with Crippen molar-refractivity contribution in [1.82, 2.24) is 4.90 Å². The maximum absolute atomic E-state index is 12.4. The van der Waals surface area contributed by atoms with E-state index < -0.39 is 0 Å². The minimum Gasteiger partial charge on any atom is -0.507 e. The molecule has 4 nitrogen and oxygen atoms in total. The van der Waals surface area contributed by atoms with Gasteiger partial charge in [0.15, 0.2) is 0 Å². The standard InChI is InChI=1S/C15H21NO3/c1-10(2)11-6-7-16(9-11)15(18)13-8-12(19-3)4-5-14(13)17/h4-5,8,10-11,17H,6-7,9H2,1-3H3. The van der Waals surface area contributed by atoms with Gasteiger partial charge in [0, 0.05) is 13.1 Å². The summed E-state index contributed by atoms with van der Waals surface area (Å²) >= 11 is 0. The van der Waals surface area contributed by atoms with Crippen molar-refractivity contribution in [1.29, 1.82) is 0 Å². The second-order valence-corrected chi connectivity index (χ2v) is 5.43. The molecule has 104 valence electrons. The fourth-order valence-corrected chi connectivity index (χ4v) is 2.50. The van der Waals surface area contributed by atoms with Crippen LogP contribution >= 0.6 is 0 Å². The van der Waals surface area contributed by atoms with Gasteiger partial charge in [-0.15, -0.1) is 0 Å². The summed E-state index contributed by atoms with van der Waals surface area (Å²) in [6.45, 7) is 5.90. The summed E-state index contributed by atoms with van der Waals surface area (Å²) in [5.41, 5.74) is 0.323. The summed E-state index contributed by atoms with van der Waals surface area (Å²) in [6, 6.07) is 4.75. The molecule has 1 fully saturated rings. The molecule has 0 aromatic heterocycles. The first-order chi connectivity index (χ1) is 9.02. The van der Waals surface area contributed by atoms with E-state index in [9.17, 15) is 9.90 Å². The monoisotopic (exact) mass is 263 g/mol. The Morgan fingerprint density at radius 2 is 2.21 bits per heavy atom. The van der Waals surface area contributed by atoms with Gasteiger partial charge in [-0.1, -0.05) is 13.8 Å². The van der Waals surface area contributed by atoms with Gasteiger partial charge in [-0.3, -0.25) is 4.79 Å². The van der Waals surface area contributed by atoms with Crippen LogP contribution in [0.3, 0.4) is 0 Å². The molecule has 0 aliphatic carbocycles. The molecule has 1 aliphatic heterocycles. The van der Waals surface area contributed by atoms with Crippen LogP contribution in [0.1, 0.15) is 30.6 Å². The molecule has 1 saturated heterocycles. The summed E-state index contributed by atoms with van der Waals surface area (Å²) < 4.78 is 5.10. The first kappa shape index (κ1) is 13.7. The number of carbonyl (C=O) groups is 1. The van der Waals surface area contributed by atoms with Crippen molar-refractivity contribution in [3.8, 4) is 11.5 Å².